The molecule has 0 radical (unpaired) electrons. The molecule has 0 aliphatic carbocycles. The molecule has 0 atom stereocenters. The predicted molar refractivity (Wildman–Crippen MR) is 71.3 cm³/mol. The molecule has 0 spiro atoms. The first kappa shape index (κ1) is 12.2. The zero-order valence-electron chi connectivity index (χ0n) is 10.0. The molecule has 0 bridgehead atoms. The molecule has 0 saturated carbocycles. The Hall–Kier alpha value is -1.26. The van der Waals surface area contributed by atoms with Crippen LogP contribution in [0.25, 0.3) is 0 Å². The summed E-state index contributed by atoms with van der Waals surface area (Å²) in [6, 6.07) is 8.41. The lowest BCUT2D eigenvalue weighted by atomic mass is 10.1. The van der Waals surface area contributed by atoms with Crippen molar-refractivity contribution in [2.45, 2.75) is 26.2 Å². The summed E-state index contributed by atoms with van der Waals surface area (Å²) >= 11 is 1.70. The molecule has 1 aromatic heterocycles. The summed E-state index contributed by atoms with van der Waals surface area (Å²) in [5.41, 5.74) is 8.12. The molecule has 0 aliphatic rings. The predicted octanol–water partition coefficient (Wildman–Crippen LogP) is 2.33. The fraction of sp³-hybridized carbons (Fsp3) is 0.385. The minimum Gasteiger partial charge on any atom is -0.330 e. The molecule has 0 aliphatic heterocycles. The van der Waals surface area contributed by atoms with E-state index in [1.165, 1.54) is 11.1 Å². The molecule has 0 amide bonds. The topological polar surface area (TPSA) is 51.8 Å². The standard InChI is InChI=1S/C13H17N3S/c1-10-5-2-3-6-11(10)9-13-16-15-12(17-13)7-4-8-14/h2-3,5-6H,4,7-9,14H2,1H3. The van der Waals surface area contributed by atoms with E-state index >= 15 is 0 Å². The van der Waals surface area contributed by atoms with E-state index in [1.807, 2.05) is 0 Å². The summed E-state index contributed by atoms with van der Waals surface area (Å²) in [6.07, 6.45) is 2.81. The molecule has 2 rings (SSSR count). The quantitative estimate of drug-likeness (QED) is 0.882. The van der Waals surface area contributed by atoms with Crippen LogP contribution in [0.15, 0.2) is 24.3 Å². The second-order valence-electron chi connectivity index (χ2n) is 4.09. The zero-order chi connectivity index (χ0) is 12.1. The van der Waals surface area contributed by atoms with Gasteiger partial charge in [0, 0.05) is 12.8 Å². The Balaban J connectivity index is 2.04. The van der Waals surface area contributed by atoms with Crippen molar-refractivity contribution >= 4 is 11.3 Å². The van der Waals surface area contributed by atoms with Gasteiger partial charge in [-0.1, -0.05) is 24.3 Å². The maximum Gasteiger partial charge on any atom is 0.121 e. The van der Waals surface area contributed by atoms with Crippen LogP contribution < -0.4 is 5.73 Å². The van der Waals surface area contributed by atoms with Gasteiger partial charge in [0.25, 0.3) is 0 Å². The maximum atomic E-state index is 5.48. The minimum atomic E-state index is 0.715. The van der Waals surface area contributed by atoms with Crippen molar-refractivity contribution in [3.05, 3.63) is 45.4 Å². The third kappa shape index (κ3) is 3.35. The first-order valence-electron chi connectivity index (χ1n) is 5.85. The van der Waals surface area contributed by atoms with Gasteiger partial charge in [-0.25, -0.2) is 0 Å². The Morgan fingerprint density at radius 2 is 1.94 bits per heavy atom. The third-order valence-electron chi connectivity index (χ3n) is 2.71. The van der Waals surface area contributed by atoms with Gasteiger partial charge in [0.15, 0.2) is 0 Å². The van der Waals surface area contributed by atoms with Gasteiger partial charge in [-0.3, -0.25) is 0 Å². The molecule has 2 N–H and O–H groups in total. The zero-order valence-corrected chi connectivity index (χ0v) is 10.8. The van der Waals surface area contributed by atoms with Crippen molar-refractivity contribution in [2.24, 2.45) is 5.73 Å². The number of rotatable bonds is 5. The van der Waals surface area contributed by atoms with E-state index in [1.54, 1.807) is 11.3 Å². The lowest BCUT2D eigenvalue weighted by Crippen LogP contribution is -1.99. The number of hydrogen-bond donors (Lipinski definition) is 1. The van der Waals surface area contributed by atoms with Crippen LogP contribution in [0.4, 0.5) is 0 Å². The fourth-order valence-corrected chi connectivity index (χ4v) is 2.59. The summed E-state index contributed by atoms with van der Waals surface area (Å²) in [5, 5.41) is 10.6. The van der Waals surface area contributed by atoms with Crippen LogP contribution in [0.3, 0.4) is 0 Å². The molecule has 1 heterocycles. The number of hydrogen-bond acceptors (Lipinski definition) is 4. The van der Waals surface area contributed by atoms with Gasteiger partial charge >= 0.3 is 0 Å². The number of nitrogens with two attached hydrogens (primary N) is 1. The average Bonchev–Trinajstić information content (AvgIpc) is 2.77. The molecule has 0 fully saturated rings. The highest BCUT2D eigenvalue weighted by atomic mass is 32.1. The Labute approximate surface area is 106 Å². The second kappa shape index (κ2) is 5.89. The lowest BCUT2D eigenvalue weighted by Gasteiger charge is -2.01. The Bertz CT molecular complexity index is 479. The van der Waals surface area contributed by atoms with Crippen LogP contribution in [-0.4, -0.2) is 16.7 Å². The molecule has 3 nitrogen and oxygen atoms in total. The van der Waals surface area contributed by atoms with Gasteiger partial charge in [0.2, 0.25) is 0 Å². The summed E-state index contributed by atoms with van der Waals surface area (Å²) in [7, 11) is 0. The van der Waals surface area contributed by atoms with E-state index in [9.17, 15) is 0 Å². The minimum absolute atomic E-state index is 0.715. The number of aryl methyl sites for hydroxylation is 2. The van der Waals surface area contributed by atoms with E-state index in [2.05, 4.69) is 41.4 Å². The van der Waals surface area contributed by atoms with Gasteiger partial charge in [-0.05, 0) is 31.0 Å². The molecule has 0 unspecified atom stereocenters. The van der Waals surface area contributed by atoms with Crippen LogP contribution >= 0.6 is 11.3 Å². The Kier molecular flexibility index (Phi) is 4.23. The fourth-order valence-electron chi connectivity index (χ4n) is 1.69. The second-order valence-corrected chi connectivity index (χ2v) is 5.23. The van der Waals surface area contributed by atoms with Crippen LogP contribution in [0.2, 0.25) is 0 Å². The first-order valence-corrected chi connectivity index (χ1v) is 6.67. The Morgan fingerprint density at radius 1 is 1.18 bits per heavy atom. The highest BCUT2D eigenvalue weighted by Crippen LogP contribution is 2.17. The van der Waals surface area contributed by atoms with Gasteiger partial charge in [0.05, 0.1) is 0 Å². The highest BCUT2D eigenvalue weighted by Gasteiger charge is 2.06. The Morgan fingerprint density at radius 3 is 2.71 bits per heavy atom. The van der Waals surface area contributed by atoms with Gasteiger partial charge in [-0.15, -0.1) is 21.5 Å². The molecule has 1 aromatic carbocycles. The van der Waals surface area contributed by atoms with Gasteiger partial charge in [0.1, 0.15) is 10.0 Å². The van der Waals surface area contributed by atoms with Crippen molar-refractivity contribution in [1.82, 2.24) is 10.2 Å². The van der Waals surface area contributed by atoms with Crippen molar-refractivity contribution < 1.29 is 0 Å². The van der Waals surface area contributed by atoms with Crippen LogP contribution in [0.1, 0.15) is 27.6 Å². The van der Waals surface area contributed by atoms with Crippen LogP contribution in [-0.2, 0) is 12.8 Å². The van der Waals surface area contributed by atoms with Crippen molar-refractivity contribution in [2.75, 3.05) is 6.54 Å². The van der Waals surface area contributed by atoms with E-state index in [-0.39, 0.29) is 0 Å². The molecule has 2 aromatic rings. The molecule has 17 heavy (non-hydrogen) atoms. The summed E-state index contributed by atoms with van der Waals surface area (Å²) < 4.78 is 0. The smallest absolute Gasteiger partial charge is 0.121 e. The molecule has 0 saturated heterocycles. The van der Waals surface area contributed by atoms with Crippen molar-refractivity contribution in [1.29, 1.82) is 0 Å². The van der Waals surface area contributed by atoms with Crippen LogP contribution in [0.5, 0.6) is 0 Å². The van der Waals surface area contributed by atoms with Gasteiger partial charge < -0.3 is 5.73 Å². The van der Waals surface area contributed by atoms with E-state index in [0.717, 1.165) is 29.3 Å². The van der Waals surface area contributed by atoms with E-state index < -0.39 is 0 Å². The van der Waals surface area contributed by atoms with E-state index in [4.69, 9.17) is 5.73 Å². The number of nitrogens with zero attached hydrogens (tertiary/aromatic N) is 2. The number of aromatic nitrogens is 2. The lowest BCUT2D eigenvalue weighted by molar-refractivity contribution is 0.809. The SMILES string of the molecule is Cc1ccccc1Cc1nnc(CCCN)s1. The van der Waals surface area contributed by atoms with E-state index in [0.29, 0.717) is 6.54 Å². The first-order chi connectivity index (χ1) is 8.29. The van der Waals surface area contributed by atoms with Gasteiger partial charge in [-0.2, -0.15) is 0 Å². The molecule has 90 valence electrons. The number of benzene rings is 1. The average molecular weight is 247 g/mol. The summed E-state index contributed by atoms with van der Waals surface area (Å²) in [6.45, 7) is 2.85. The largest absolute Gasteiger partial charge is 0.330 e. The summed E-state index contributed by atoms with van der Waals surface area (Å²) in [4.78, 5) is 0. The van der Waals surface area contributed by atoms with Crippen molar-refractivity contribution in [3.8, 4) is 0 Å². The highest BCUT2D eigenvalue weighted by molar-refractivity contribution is 7.11. The molecular formula is C13H17N3S. The normalized spacial score (nSPS) is 10.7. The third-order valence-corrected chi connectivity index (χ3v) is 3.69. The maximum absolute atomic E-state index is 5.48. The summed E-state index contributed by atoms with van der Waals surface area (Å²) in [5.74, 6) is 0. The van der Waals surface area contributed by atoms with Crippen LogP contribution in [0, 0.1) is 6.92 Å². The molecule has 4 heteroatoms. The molecular weight excluding hydrogens is 230 g/mol. The monoisotopic (exact) mass is 247 g/mol. The van der Waals surface area contributed by atoms with Crippen molar-refractivity contribution in [3.63, 3.8) is 0 Å².